The van der Waals surface area contributed by atoms with E-state index in [0.29, 0.717) is 32.7 Å². The van der Waals surface area contributed by atoms with E-state index in [0.717, 1.165) is 16.8 Å². The molecule has 4 rings (SSSR count). The summed E-state index contributed by atoms with van der Waals surface area (Å²) in [4.78, 5) is 28.7. The molecule has 0 aromatic heterocycles. The predicted molar refractivity (Wildman–Crippen MR) is 124 cm³/mol. The highest BCUT2D eigenvalue weighted by Gasteiger charge is 2.33. The van der Waals surface area contributed by atoms with Crippen LogP contribution in [0.4, 0.5) is 5.69 Å². The van der Waals surface area contributed by atoms with Gasteiger partial charge in [-0.1, -0.05) is 30.3 Å². The SMILES string of the molecule is CC(=O)N1c2ccc(S(=O)(=O)NC(Cc3ccccc3)C(=O)N3CCOCC3)cc2CC1C. The summed E-state index contributed by atoms with van der Waals surface area (Å²) in [5, 5.41) is 0. The van der Waals surface area contributed by atoms with Crippen LogP contribution in [0.5, 0.6) is 0 Å². The largest absolute Gasteiger partial charge is 0.378 e. The highest BCUT2D eigenvalue weighted by Crippen LogP contribution is 2.34. The first kappa shape index (κ1) is 23.4. The number of rotatable bonds is 6. The summed E-state index contributed by atoms with van der Waals surface area (Å²) in [6.07, 6.45) is 0.828. The molecule has 1 saturated heterocycles. The number of morpholine rings is 1. The number of fused-ring (bicyclic) bond motifs is 1. The van der Waals surface area contributed by atoms with E-state index in [-0.39, 0.29) is 29.2 Å². The van der Waals surface area contributed by atoms with Crippen LogP contribution in [-0.2, 0) is 37.2 Å². The van der Waals surface area contributed by atoms with E-state index in [9.17, 15) is 18.0 Å². The highest BCUT2D eigenvalue weighted by molar-refractivity contribution is 7.89. The number of hydrogen-bond donors (Lipinski definition) is 1. The molecule has 0 saturated carbocycles. The van der Waals surface area contributed by atoms with Crippen LogP contribution in [0.25, 0.3) is 0 Å². The number of sulfonamides is 1. The van der Waals surface area contributed by atoms with Crippen molar-refractivity contribution in [3.63, 3.8) is 0 Å². The van der Waals surface area contributed by atoms with E-state index in [1.54, 1.807) is 21.9 Å². The molecule has 2 aromatic carbocycles. The number of nitrogens with one attached hydrogen (secondary N) is 1. The van der Waals surface area contributed by atoms with Crippen molar-refractivity contribution in [3.8, 4) is 0 Å². The first-order chi connectivity index (χ1) is 15.8. The Morgan fingerprint density at radius 3 is 2.48 bits per heavy atom. The first-order valence-electron chi connectivity index (χ1n) is 11.1. The van der Waals surface area contributed by atoms with Crippen molar-refractivity contribution in [1.82, 2.24) is 9.62 Å². The summed E-state index contributed by atoms with van der Waals surface area (Å²) in [5.41, 5.74) is 2.41. The molecule has 2 aromatic rings. The summed E-state index contributed by atoms with van der Waals surface area (Å²) in [6, 6.07) is 13.2. The second-order valence-electron chi connectivity index (χ2n) is 8.53. The molecule has 2 amide bonds. The summed E-state index contributed by atoms with van der Waals surface area (Å²) in [5.74, 6) is -0.336. The van der Waals surface area contributed by atoms with Crippen LogP contribution in [0.1, 0.15) is 25.0 Å². The number of benzene rings is 2. The number of hydrogen-bond acceptors (Lipinski definition) is 5. The Bertz CT molecular complexity index is 1130. The lowest BCUT2D eigenvalue weighted by Gasteiger charge is -2.30. The predicted octanol–water partition coefficient (Wildman–Crippen LogP) is 1.73. The normalized spacial score (nSPS) is 19.3. The summed E-state index contributed by atoms with van der Waals surface area (Å²) < 4.78 is 34.6. The van der Waals surface area contributed by atoms with E-state index >= 15 is 0 Å². The monoisotopic (exact) mass is 471 g/mol. The average Bonchev–Trinajstić information content (AvgIpc) is 3.14. The average molecular weight is 472 g/mol. The zero-order valence-corrected chi connectivity index (χ0v) is 19.7. The van der Waals surface area contributed by atoms with Crippen LogP contribution in [0.2, 0.25) is 0 Å². The van der Waals surface area contributed by atoms with E-state index in [1.165, 1.54) is 13.0 Å². The van der Waals surface area contributed by atoms with Crippen molar-refractivity contribution in [3.05, 3.63) is 59.7 Å². The third kappa shape index (κ3) is 5.10. The maximum absolute atomic E-state index is 13.3. The van der Waals surface area contributed by atoms with Gasteiger partial charge in [-0.2, -0.15) is 4.72 Å². The van der Waals surface area contributed by atoms with Crippen molar-refractivity contribution in [1.29, 1.82) is 0 Å². The molecule has 2 unspecified atom stereocenters. The molecule has 2 aliphatic rings. The fourth-order valence-corrected chi connectivity index (χ4v) is 5.78. The Morgan fingerprint density at radius 2 is 1.82 bits per heavy atom. The number of carbonyl (C=O) groups is 2. The van der Waals surface area contributed by atoms with Gasteiger partial charge in [-0.05, 0) is 49.1 Å². The Morgan fingerprint density at radius 1 is 1.12 bits per heavy atom. The fraction of sp³-hybridized carbons (Fsp3) is 0.417. The molecule has 0 aliphatic carbocycles. The summed E-state index contributed by atoms with van der Waals surface area (Å²) >= 11 is 0. The van der Waals surface area contributed by atoms with Gasteiger partial charge in [0.05, 0.1) is 18.1 Å². The smallest absolute Gasteiger partial charge is 0.241 e. The molecule has 0 bridgehead atoms. The van der Waals surface area contributed by atoms with Crippen LogP contribution in [0.3, 0.4) is 0 Å². The number of ether oxygens (including phenoxy) is 1. The Hall–Kier alpha value is -2.75. The lowest BCUT2D eigenvalue weighted by molar-refractivity contribution is -0.137. The van der Waals surface area contributed by atoms with E-state index < -0.39 is 16.1 Å². The Balaban J connectivity index is 1.60. The maximum Gasteiger partial charge on any atom is 0.241 e. The lowest BCUT2D eigenvalue weighted by Crippen LogP contribution is -2.52. The number of carbonyl (C=O) groups excluding carboxylic acids is 2. The summed E-state index contributed by atoms with van der Waals surface area (Å²) in [6.45, 7) is 5.18. The van der Waals surface area contributed by atoms with Gasteiger partial charge in [0.2, 0.25) is 21.8 Å². The molecule has 2 heterocycles. The molecule has 2 atom stereocenters. The standard InChI is InChI=1S/C24H29N3O5S/c1-17-14-20-16-21(8-9-23(20)27(17)18(2)28)33(30,31)25-22(15-19-6-4-3-5-7-19)24(29)26-10-12-32-13-11-26/h3-9,16-17,22,25H,10-15H2,1-2H3. The second-order valence-corrected chi connectivity index (χ2v) is 10.2. The van der Waals surface area contributed by atoms with Crippen LogP contribution >= 0.6 is 0 Å². The van der Waals surface area contributed by atoms with Crippen molar-refractivity contribution in [2.75, 3.05) is 31.2 Å². The molecular weight excluding hydrogens is 442 g/mol. The minimum Gasteiger partial charge on any atom is -0.378 e. The number of anilines is 1. The van der Waals surface area contributed by atoms with Gasteiger partial charge in [0.15, 0.2) is 0 Å². The minimum atomic E-state index is -3.97. The van der Waals surface area contributed by atoms with Gasteiger partial charge < -0.3 is 14.5 Å². The van der Waals surface area contributed by atoms with E-state index in [1.807, 2.05) is 37.3 Å². The van der Waals surface area contributed by atoms with Crippen LogP contribution in [-0.4, -0.2) is 63.5 Å². The second kappa shape index (κ2) is 9.62. The summed E-state index contributed by atoms with van der Waals surface area (Å²) in [7, 11) is -3.97. The van der Waals surface area contributed by atoms with Gasteiger partial charge in [0, 0.05) is 31.7 Å². The van der Waals surface area contributed by atoms with Gasteiger partial charge in [-0.15, -0.1) is 0 Å². The van der Waals surface area contributed by atoms with Gasteiger partial charge in [0.1, 0.15) is 6.04 Å². The van der Waals surface area contributed by atoms with Crippen molar-refractivity contribution < 1.29 is 22.7 Å². The zero-order chi connectivity index (χ0) is 23.6. The zero-order valence-electron chi connectivity index (χ0n) is 18.9. The van der Waals surface area contributed by atoms with Gasteiger partial charge in [-0.25, -0.2) is 8.42 Å². The maximum atomic E-state index is 13.3. The molecule has 1 fully saturated rings. The quantitative estimate of drug-likeness (QED) is 0.692. The van der Waals surface area contributed by atoms with Crippen LogP contribution in [0, 0.1) is 0 Å². The molecule has 9 heteroatoms. The van der Waals surface area contributed by atoms with Crippen molar-refractivity contribution in [2.24, 2.45) is 0 Å². The molecule has 0 spiro atoms. The Labute approximate surface area is 194 Å². The molecule has 8 nitrogen and oxygen atoms in total. The first-order valence-corrected chi connectivity index (χ1v) is 12.6. The molecule has 176 valence electrons. The van der Waals surface area contributed by atoms with Crippen LogP contribution < -0.4 is 9.62 Å². The number of nitrogens with zero attached hydrogens (tertiary/aromatic N) is 2. The topological polar surface area (TPSA) is 96.0 Å². The van der Waals surface area contributed by atoms with Crippen molar-refractivity contribution >= 4 is 27.5 Å². The van der Waals surface area contributed by atoms with Gasteiger partial charge >= 0.3 is 0 Å². The molecule has 2 aliphatic heterocycles. The van der Waals surface area contributed by atoms with E-state index in [4.69, 9.17) is 4.74 Å². The molecule has 1 N–H and O–H groups in total. The van der Waals surface area contributed by atoms with E-state index in [2.05, 4.69) is 4.72 Å². The molecule has 33 heavy (non-hydrogen) atoms. The van der Waals surface area contributed by atoms with Gasteiger partial charge in [-0.3, -0.25) is 9.59 Å². The fourth-order valence-electron chi connectivity index (χ4n) is 4.54. The van der Waals surface area contributed by atoms with Crippen molar-refractivity contribution in [2.45, 2.75) is 43.7 Å². The molecular formula is C24H29N3O5S. The third-order valence-electron chi connectivity index (χ3n) is 6.12. The lowest BCUT2D eigenvalue weighted by atomic mass is 10.1. The minimum absolute atomic E-state index is 0.0304. The van der Waals surface area contributed by atoms with Crippen LogP contribution in [0.15, 0.2) is 53.4 Å². The number of amides is 2. The Kier molecular flexibility index (Phi) is 6.83. The molecule has 0 radical (unpaired) electrons. The van der Waals surface area contributed by atoms with Gasteiger partial charge in [0.25, 0.3) is 0 Å². The highest BCUT2D eigenvalue weighted by atomic mass is 32.2. The third-order valence-corrected chi connectivity index (χ3v) is 7.59.